The van der Waals surface area contributed by atoms with Gasteiger partial charge in [-0.2, -0.15) is 0 Å². The summed E-state index contributed by atoms with van der Waals surface area (Å²) in [6, 6.07) is 17.7. The summed E-state index contributed by atoms with van der Waals surface area (Å²) in [5.41, 5.74) is 3.15. The smallest absolute Gasteiger partial charge is 0.266 e. The number of nitro groups is 1. The first-order valence-corrected chi connectivity index (χ1v) is 7.67. The summed E-state index contributed by atoms with van der Waals surface area (Å²) >= 11 is 0. The predicted octanol–water partition coefficient (Wildman–Crippen LogP) is 3.56. The van der Waals surface area contributed by atoms with E-state index in [9.17, 15) is 10.1 Å². The number of nitrogens with zero attached hydrogens (tertiary/aromatic N) is 3. The Kier molecular flexibility index (Phi) is 2.90. The Labute approximate surface area is 134 Å². The van der Waals surface area contributed by atoms with E-state index in [2.05, 4.69) is 43.0 Å². The van der Waals surface area contributed by atoms with Gasteiger partial charge in [0.05, 0.1) is 22.7 Å². The third-order valence-electron chi connectivity index (χ3n) is 4.63. The largest absolute Gasteiger partial charge is 0.269 e. The average Bonchev–Trinajstić information content (AvgIpc) is 3.24. The van der Waals surface area contributed by atoms with Gasteiger partial charge in [-0.3, -0.25) is 20.0 Å². The lowest BCUT2D eigenvalue weighted by Gasteiger charge is -2.20. The molecule has 1 fully saturated rings. The zero-order valence-corrected chi connectivity index (χ0v) is 13.0. The molecule has 3 unspecified atom stereocenters. The Balaban J connectivity index is 1.68. The first-order valence-electron chi connectivity index (χ1n) is 7.67. The average molecular weight is 307 g/mol. The number of hydrogen-bond acceptors (Lipinski definition) is 4. The van der Waals surface area contributed by atoms with E-state index in [0.717, 1.165) is 11.3 Å². The minimum absolute atomic E-state index is 0.110. The van der Waals surface area contributed by atoms with Crippen LogP contribution < -0.4 is 0 Å². The van der Waals surface area contributed by atoms with Crippen molar-refractivity contribution in [3.05, 3.63) is 75.8 Å². The molecule has 2 aromatic rings. The third kappa shape index (κ3) is 2.16. The maximum atomic E-state index is 10.8. The second kappa shape index (κ2) is 4.73. The quantitative estimate of drug-likeness (QED) is 0.495. The van der Waals surface area contributed by atoms with Crippen LogP contribution >= 0.6 is 0 Å². The fourth-order valence-electron chi connectivity index (χ4n) is 3.59. The number of rotatable bonds is 3. The lowest BCUT2D eigenvalue weighted by molar-refractivity contribution is -0.384. The molecule has 2 aliphatic heterocycles. The Hall–Kier alpha value is -2.53. The van der Waals surface area contributed by atoms with Gasteiger partial charge in [-0.15, -0.1) is 0 Å². The van der Waals surface area contributed by atoms with Crippen LogP contribution in [0.5, 0.6) is 0 Å². The summed E-state index contributed by atoms with van der Waals surface area (Å²) in [5, 5.41) is 10.8. The second-order valence-electron chi connectivity index (χ2n) is 6.50. The van der Waals surface area contributed by atoms with Crippen LogP contribution in [0.25, 0.3) is 0 Å². The van der Waals surface area contributed by atoms with Crippen molar-refractivity contribution in [1.29, 1.82) is 0 Å². The predicted molar refractivity (Wildman–Crippen MR) is 88.5 cm³/mol. The van der Waals surface area contributed by atoms with Gasteiger partial charge in [-0.1, -0.05) is 30.3 Å². The minimum Gasteiger partial charge on any atom is -0.266 e. The summed E-state index contributed by atoms with van der Waals surface area (Å²) in [6.07, 6.45) is 0. The molecule has 5 nitrogen and oxygen atoms in total. The van der Waals surface area contributed by atoms with Gasteiger partial charge in [0.1, 0.15) is 5.66 Å². The van der Waals surface area contributed by atoms with Gasteiger partial charge in [0, 0.05) is 12.1 Å². The van der Waals surface area contributed by atoms with Gasteiger partial charge in [-0.05, 0) is 37.1 Å². The molecule has 1 saturated heterocycles. The number of benzene rings is 2. The van der Waals surface area contributed by atoms with Gasteiger partial charge in [-0.25, -0.2) is 0 Å². The number of non-ortho nitro benzene ring substituents is 1. The third-order valence-corrected chi connectivity index (χ3v) is 4.63. The van der Waals surface area contributed by atoms with Crippen LogP contribution in [0.2, 0.25) is 0 Å². The fourth-order valence-corrected chi connectivity index (χ4v) is 3.59. The van der Waals surface area contributed by atoms with Gasteiger partial charge in [0.25, 0.3) is 5.69 Å². The molecule has 0 bridgehead atoms. The highest BCUT2D eigenvalue weighted by atomic mass is 16.6. The summed E-state index contributed by atoms with van der Waals surface area (Å²) in [4.78, 5) is 17.7. The fraction of sp³-hybridized carbons (Fsp3) is 0.278. The number of fused-ring (bicyclic) bond motifs is 1. The lowest BCUT2D eigenvalue weighted by atomic mass is 10.0. The SMILES string of the molecule is CC1(C)N=C(c2ccc([N+](=O)[O-])cc2)C2C(c3ccccc3)N21. The molecule has 4 rings (SSSR count). The Bertz CT molecular complexity index is 797. The van der Waals surface area contributed by atoms with E-state index < -0.39 is 0 Å². The lowest BCUT2D eigenvalue weighted by Crippen LogP contribution is -2.25. The number of aliphatic imine (C=N–C) groups is 1. The Morgan fingerprint density at radius 3 is 2.30 bits per heavy atom. The molecule has 5 heteroatoms. The van der Waals surface area contributed by atoms with Gasteiger partial charge in [0.15, 0.2) is 0 Å². The summed E-state index contributed by atoms with van der Waals surface area (Å²) in [7, 11) is 0. The van der Waals surface area contributed by atoms with E-state index in [0.29, 0.717) is 6.04 Å². The molecular weight excluding hydrogens is 290 g/mol. The molecule has 2 heterocycles. The van der Waals surface area contributed by atoms with Gasteiger partial charge in [0.2, 0.25) is 0 Å². The monoisotopic (exact) mass is 307 g/mol. The molecule has 0 N–H and O–H groups in total. The van der Waals surface area contributed by atoms with Crippen LogP contribution in [0.4, 0.5) is 5.69 Å². The Morgan fingerprint density at radius 1 is 1.04 bits per heavy atom. The van der Waals surface area contributed by atoms with Crippen LogP contribution in [0.3, 0.4) is 0 Å². The van der Waals surface area contributed by atoms with Crippen molar-refractivity contribution in [2.75, 3.05) is 0 Å². The normalized spacial score (nSPS) is 27.2. The minimum atomic E-state index is -0.375. The van der Waals surface area contributed by atoms with Crippen LogP contribution in [0, 0.1) is 10.1 Å². The molecule has 0 spiro atoms. The highest BCUT2D eigenvalue weighted by Crippen LogP contribution is 2.54. The van der Waals surface area contributed by atoms with Crippen molar-refractivity contribution in [2.24, 2.45) is 4.99 Å². The van der Waals surface area contributed by atoms with Crippen molar-refractivity contribution in [3.63, 3.8) is 0 Å². The van der Waals surface area contributed by atoms with E-state index in [1.54, 1.807) is 24.3 Å². The molecule has 0 aromatic heterocycles. The van der Waals surface area contributed by atoms with E-state index in [1.165, 1.54) is 5.56 Å². The molecule has 0 amide bonds. The molecule has 0 saturated carbocycles. The van der Waals surface area contributed by atoms with Crippen molar-refractivity contribution >= 4 is 11.4 Å². The first kappa shape index (κ1) is 14.1. The summed E-state index contributed by atoms with van der Waals surface area (Å²) in [6.45, 7) is 4.22. The van der Waals surface area contributed by atoms with Crippen LogP contribution in [0.1, 0.15) is 31.0 Å². The number of hydrogen-bond donors (Lipinski definition) is 0. The van der Waals surface area contributed by atoms with Crippen LogP contribution in [0.15, 0.2) is 59.6 Å². The van der Waals surface area contributed by atoms with Gasteiger partial charge >= 0.3 is 0 Å². The van der Waals surface area contributed by atoms with E-state index in [1.807, 2.05) is 6.07 Å². The van der Waals surface area contributed by atoms with E-state index in [-0.39, 0.29) is 22.3 Å². The van der Waals surface area contributed by atoms with Crippen LogP contribution in [-0.4, -0.2) is 27.2 Å². The zero-order chi connectivity index (χ0) is 16.2. The highest BCUT2D eigenvalue weighted by Gasteiger charge is 2.62. The van der Waals surface area contributed by atoms with E-state index >= 15 is 0 Å². The molecule has 116 valence electrons. The molecule has 0 aliphatic carbocycles. The van der Waals surface area contributed by atoms with Gasteiger partial charge < -0.3 is 0 Å². The van der Waals surface area contributed by atoms with Crippen LogP contribution in [-0.2, 0) is 0 Å². The molecular formula is C18H17N3O2. The maximum Gasteiger partial charge on any atom is 0.269 e. The zero-order valence-electron chi connectivity index (χ0n) is 13.0. The number of nitro benzene ring substituents is 1. The molecule has 2 aromatic carbocycles. The van der Waals surface area contributed by atoms with Crippen molar-refractivity contribution < 1.29 is 4.92 Å². The summed E-state index contributed by atoms with van der Waals surface area (Å²) in [5.74, 6) is 0. The highest BCUT2D eigenvalue weighted by molar-refractivity contribution is 6.08. The van der Waals surface area contributed by atoms with Crippen molar-refractivity contribution in [2.45, 2.75) is 31.6 Å². The standard InChI is InChI=1S/C18H17N3O2/c1-18(2)19-15(12-8-10-14(11-9-12)21(22)23)17-16(20(17)18)13-6-4-3-5-7-13/h3-11,16-17H,1-2H3. The summed E-state index contributed by atoms with van der Waals surface area (Å²) < 4.78 is 0. The first-order chi connectivity index (χ1) is 11.0. The van der Waals surface area contributed by atoms with Crippen molar-refractivity contribution in [1.82, 2.24) is 4.90 Å². The topological polar surface area (TPSA) is 58.5 Å². The van der Waals surface area contributed by atoms with E-state index in [4.69, 9.17) is 4.99 Å². The molecule has 0 radical (unpaired) electrons. The maximum absolute atomic E-state index is 10.8. The Morgan fingerprint density at radius 2 is 1.70 bits per heavy atom. The van der Waals surface area contributed by atoms with Crippen molar-refractivity contribution in [3.8, 4) is 0 Å². The molecule has 23 heavy (non-hydrogen) atoms. The molecule has 2 aliphatic rings. The molecule has 3 atom stereocenters. The second-order valence-corrected chi connectivity index (χ2v) is 6.50.